The van der Waals surface area contributed by atoms with E-state index in [1.807, 2.05) is 0 Å². The SMILES string of the molecule is CC(C)C(C(=O)NN)N1CCc2ccccc2CC1. The second-order valence-electron chi connectivity index (χ2n) is 5.50. The Bertz CT molecular complexity index is 418. The number of amides is 1. The molecule has 4 heteroatoms. The molecule has 0 radical (unpaired) electrons. The predicted octanol–water partition coefficient (Wildman–Crippen LogP) is 1.10. The molecule has 1 heterocycles. The summed E-state index contributed by atoms with van der Waals surface area (Å²) in [7, 11) is 0. The first-order chi connectivity index (χ1) is 9.13. The van der Waals surface area contributed by atoms with Crippen LogP contribution in [0.3, 0.4) is 0 Å². The molecule has 1 amide bonds. The number of nitrogens with zero attached hydrogens (tertiary/aromatic N) is 1. The molecule has 0 bridgehead atoms. The van der Waals surface area contributed by atoms with Crippen LogP contribution in [0.4, 0.5) is 0 Å². The summed E-state index contributed by atoms with van der Waals surface area (Å²) in [5, 5.41) is 0. The first-order valence-corrected chi connectivity index (χ1v) is 6.94. The van der Waals surface area contributed by atoms with Crippen molar-refractivity contribution in [2.24, 2.45) is 11.8 Å². The van der Waals surface area contributed by atoms with Gasteiger partial charge in [0.1, 0.15) is 0 Å². The summed E-state index contributed by atoms with van der Waals surface area (Å²) in [6.45, 7) is 5.95. The van der Waals surface area contributed by atoms with Gasteiger partial charge in [-0.25, -0.2) is 5.84 Å². The van der Waals surface area contributed by atoms with E-state index in [0.717, 1.165) is 25.9 Å². The van der Waals surface area contributed by atoms with E-state index in [1.54, 1.807) is 0 Å². The minimum Gasteiger partial charge on any atom is -0.293 e. The molecule has 1 atom stereocenters. The molecular weight excluding hydrogens is 238 g/mol. The highest BCUT2D eigenvalue weighted by Crippen LogP contribution is 2.19. The van der Waals surface area contributed by atoms with Crippen LogP contribution in [0.5, 0.6) is 0 Å². The summed E-state index contributed by atoms with van der Waals surface area (Å²) in [4.78, 5) is 14.2. The highest BCUT2D eigenvalue weighted by Gasteiger charge is 2.29. The van der Waals surface area contributed by atoms with Crippen LogP contribution < -0.4 is 11.3 Å². The zero-order valence-electron chi connectivity index (χ0n) is 11.7. The van der Waals surface area contributed by atoms with Crippen LogP contribution >= 0.6 is 0 Å². The Balaban J connectivity index is 2.13. The van der Waals surface area contributed by atoms with Crippen molar-refractivity contribution in [2.75, 3.05) is 13.1 Å². The van der Waals surface area contributed by atoms with Crippen LogP contribution in [0.25, 0.3) is 0 Å². The van der Waals surface area contributed by atoms with E-state index in [0.29, 0.717) is 0 Å². The number of hydrogen-bond donors (Lipinski definition) is 2. The maximum Gasteiger partial charge on any atom is 0.251 e. The fraction of sp³-hybridized carbons (Fsp3) is 0.533. The molecule has 0 aromatic heterocycles. The number of carbonyl (C=O) groups is 1. The molecule has 0 saturated heterocycles. The normalized spacial score (nSPS) is 17.7. The highest BCUT2D eigenvalue weighted by atomic mass is 16.2. The molecule has 1 aromatic rings. The van der Waals surface area contributed by atoms with Gasteiger partial charge < -0.3 is 0 Å². The fourth-order valence-electron chi connectivity index (χ4n) is 2.94. The maximum absolute atomic E-state index is 12.0. The first kappa shape index (κ1) is 14.0. The molecule has 1 aliphatic heterocycles. The smallest absolute Gasteiger partial charge is 0.251 e. The maximum atomic E-state index is 12.0. The van der Waals surface area contributed by atoms with Gasteiger partial charge in [-0.05, 0) is 29.9 Å². The molecule has 19 heavy (non-hydrogen) atoms. The molecular formula is C15H23N3O. The Hall–Kier alpha value is -1.39. The van der Waals surface area contributed by atoms with E-state index in [4.69, 9.17) is 5.84 Å². The largest absolute Gasteiger partial charge is 0.293 e. The lowest BCUT2D eigenvalue weighted by Crippen LogP contribution is -2.52. The number of hydrogen-bond acceptors (Lipinski definition) is 3. The van der Waals surface area contributed by atoms with Crippen molar-refractivity contribution in [1.29, 1.82) is 0 Å². The third kappa shape index (κ3) is 3.14. The minimum absolute atomic E-state index is 0.0824. The Morgan fingerprint density at radius 2 is 1.74 bits per heavy atom. The molecule has 4 nitrogen and oxygen atoms in total. The van der Waals surface area contributed by atoms with Gasteiger partial charge in [-0.3, -0.25) is 15.1 Å². The monoisotopic (exact) mass is 261 g/mol. The second-order valence-corrected chi connectivity index (χ2v) is 5.50. The van der Waals surface area contributed by atoms with Gasteiger partial charge in [0.2, 0.25) is 0 Å². The van der Waals surface area contributed by atoms with Crippen LogP contribution in [0.15, 0.2) is 24.3 Å². The average molecular weight is 261 g/mol. The topological polar surface area (TPSA) is 58.4 Å². The van der Waals surface area contributed by atoms with Crippen molar-refractivity contribution in [3.63, 3.8) is 0 Å². The zero-order valence-corrected chi connectivity index (χ0v) is 11.7. The lowest BCUT2D eigenvalue weighted by atomic mass is 10.0. The Labute approximate surface area is 114 Å². The van der Waals surface area contributed by atoms with Crippen molar-refractivity contribution in [1.82, 2.24) is 10.3 Å². The number of rotatable bonds is 3. The van der Waals surface area contributed by atoms with Gasteiger partial charge >= 0.3 is 0 Å². The molecule has 0 aliphatic carbocycles. The summed E-state index contributed by atoms with van der Waals surface area (Å²) in [6.07, 6.45) is 1.99. The Morgan fingerprint density at radius 3 is 2.16 bits per heavy atom. The minimum atomic E-state index is -0.140. The zero-order chi connectivity index (χ0) is 13.8. The van der Waals surface area contributed by atoms with E-state index in [2.05, 4.69) is 48.4 Å². The molecule has 1 aromatic carbocycles. The lowest BCUT2D eigenvalue weighted by Gasteiger charge is -2.31. The van der Waals surface area contributed by atoms with Gasteiger partial charge in [0.25, 0.3) is 5.91 Å². The van der Waals surface area contributed by atoms with E-state index in [1.165, 1.54) is 11.1 Å². The van der Waals surface area contributed by atoms with E-state index >= 15 is 0 Å². The average Bonchev–Trinajstić information content (AvgIpc) is 2.61. The van der Waals surface area contributed by atoms with E-state index in [9.17, 15) is 4.79 Å². The molecule has 2 rings (SSSR count). The molecule has 104 valence electrons. The molecule has 1 unspecified atom stereocenters. The predicted molar refractivity (Wildman–Crippen MR) is 76.4 cm³/mol. The third-order valence-electron chi connectivity index (χ3n) is 3.89. The fourth-order valence-corrected chi connectivity index (χ4v) is 2.94. The molecule has 1 aliphatic rings. The summed E-state index contributed by atoms with van der Waals surface area (Å²) in [6, 6.07) is 8.40. The summed E-state index contributed by atoms with van der Waals surface area (Å²) in [5.74, 6) is 5.49. The van der Waals surface area contributed by atoms with Crippen molar-refractivity contribution in [3.8, 4) is 0 Å². The number of carbonyl (C=O) groups excluding carboxylic acids is 1. The van der Waals surface area contributed by atoms with Gasteiger partial charge in [0.05, 0.1) is 6.04 Å². The number of benzene rings is 1. The molecule has 0 fully saturated rings. The van der Waals surface area contributed by atoms with E-state index < -0.39 is 0 Å². The summed E-state index contributed by atoms with van der Waals surface area (Å²) < 4.78 is 0. The van der Waals surface area contributed by atoms with Crippen LogP contribution in [-0.2, 0) is 17.6 Å². The highest BCUT2D eigenvalue weighted by molar-refractivity contribution is 5.81. The third-order valence-corrected chi connectivity index (χ3v) is 3.89. The molecule has 0 spiro atoms. The van der Waals surface area contributed by atoms with Gasteiger partial charge in [-0.1, -0.05) is 38.1 Å². The van der Waals surface area contributed by atoms with Crippen LogP contribution in [0, 0.1) is 5.92 Å². The van der Waals surface area contributed by atoms with Gasteiger partial charge in [0.15, 0.2) is 0 Å². The standard InChI is InChI=1S/C15H23N3O/c1-11(2)14(15(19)17-16)18-9-7-12-5-3-4-6-13(12)8-10-18/h3-6,11,14H,7-10,16H2,1-2H3,(H,17,19). The number of nitrogens with one attached hydrogen (secondary N) is 1. The number of nitrogens with two attached hydrogens (primary N) is 1. The summed E-state index contributed by atoms with van der Waals surface area (Å²) in [5.41, 5.74) is 5.11. The van der Waals surface area contributed by atoms with Crippen LogP contribution in [0.2, 0.25) is 0 Å². The second kappa shape index (κ2) is 6.17. The van der Waals surface area contributed by atoms with Crippen molar-refractivity contribution < 1.29 is 4.79 Å². The van der Waals surface area contributed by atoms with Gasteiger partial charge in [-0.2, -0.15) is 0 Å². The Morgan fingerprint density at radius 1 is 1.21 bits per heavy atom. The van der Waals surface area contributed by atoms with Crippen LogP contribution in [-0.4, -0.2) is 29.9 Å². The van der Waals surface area contributed by atoms with Gasteiger partial charge in [-0.15, -0.1) is 0 Å². The molecule has 0 saturated carbocycles. The Kier molecular flexibility index (Phi) is 4.56. The summed E-state index contributed by atoms with van der Waals surface area (Å²) >= 11 is 0. The number of hydrazine groups is 1. The van der Waals surface area contributed by atoms with E-state index in [-0.39, 0.29) is 17.9 Å². The first-order valence-electron chi connectivity index (χ1n) is 6.94. The van der Waals surface area contributed by atoms with Gasteiger partial charge in [0, 0.05) is 13.1 Å². The molecule has 3 N–H and O–H groups in total. The van der Waals surface area contributed by atoms with Crippen molar-refractivity contribution in [2.45, 2.75) is 32.7 Å². The van der Waals surface area contributed by atoms with Crippen molar-refractivity contribution >= 4 is 5.91 Å². The number of fused-ring (bicyclic) bond motifs is 1. The lowest BCUT2D eigenvalue weighted by molar-refractivity contribution is -0.128. The van der Waals surface area contributed by atoms with Crippen molar-refractivity contribution in [3.05, 3.63) is 35.4 Å². The quantitative estimate of drug-likeness (QED) is 0.487. The van der Waals surface area contributed by atoms with Crippen LogP contribution in [0.1, 0.15) is 25.0 Å².